The van der Waals surface area contributed by atoms with Gasteiger partial charge in [0.05, 0.1) is 12.6 Å². The minimum atomic E-state index is -0.652. The van der Waals surface area contributed by atoms with Gasteiger partial charge < -0.3 is 15.4 Å². The van der Waals surface area contributed by atoms with E-state index in [1.165, 1.54) is 12.1 Å². The minimum absolute atomic E-state index is 0.0542. The first-order valence-corrected chi connectivity index (χ1v) is 9.25. The zero-order valence-electron chi connectivity index (χ0n) is 14.9. The highest BCUT2D eigenvalue weighted by atomic mass is 19.1. The Morgan fingerprint density at radius 3 is 2.67 bits per heavy atom. The van der Waals surface area contributed by atoms with Crippen LogP contribution in [0.5, 0.6) is 0 Å². The maximum absolute atomic E-state index is 14.6. The lowest BCUT2D eigenvalue weighted by molar-refractivity contribution is -0.149. The number of hydrogen-bond acceptors (Lipinski definition) is 3. The molecule has 2 N–H and O–H groups in total. The molecule has 2 aromatic rings. The van der Waals surface area contributed by atoms with Crippen LogP contribution in [-0.4, -0.2) is 36.1 Å². The Morgan fingerprint density at radius 2 is 1.93 bits per heavy atom. The summed E-state index contributed by atoms with van der Waals surface area (Å²) in [4.78, 5) is 14.9. The summed E-state index contributed by atoms with van der Waals surface area (Å²) in [5, 5.41) is 0. The zero-order valence-corrected chi connectivity index (χ0v) is 14.9. The zero-order chi connectivity index (χ0) is 19.0. The molecule has 4 nitrogen and oxygen atoms in total. The molecule has 3 atom stereocenters. The van der Waals surface area contributed by atoms with E-state index >= 15 is 0 Å². The molecular weight excluding hydrogens is 350 g/mol. The van der Waals surface area contributed by atoms with Gasteiger partial charge in [-0.1, -0.05) is 30.3 Å². The average Bonchev–Trinajstić information content (AvgIpc) is 2.67. The maximum Gasteiger partial charge on any atom is 0.252 e. The molecule has 1 saturated heterocycles. The molecule has 0 radical (unpaired) electrons. The summed E-state index contributed by atoms with van der Waals surface area (Å²) >= 11 is 0. The fraction of sp³-hybridized carbons (Fsp3) is 0.381. The standard InChI is InChI=1S/C21H22F2N2O2/c22-14-5-7-17(18(23)11-14)20-16-4-2-1-3-13(16)9-10-25(20)21(26)19-8-6-15(24)12-27-19/h1-5,7,11,15,19-20H,6,8-10,12,24H2/t15-,19+,20-/m0/s1. The maximum atomic E-state index is 14.6. The van der Waals surface area contributed by atoms with Gasteiger partial charge in [-0.25, -0.2) is 8.78 Å². The fourth-order valence-electron chi connectivity index (χ4n) is 4.01. The Balaban J connectivity index is 1.73. The van der Waals surface area contributed by atoms with Crippen LogP contribution in [0.25, 0.3) is 0 Å². The van der Waals surface area contributed by atoms with Crippen molar-refractivity contribution in [1.29, 1.82) is 0 Å². The van der Waals surface area contributed by atoms with Crippen LogP contribution in [0.3, 0.4) is 0 Å². The molecule has 142 valence electrons. The Bertz CT molecular complexity index is 850. The van der Waals surface area contributed by atoms with Crippen molar-refractivity contribution in [1.82, 2.24) is 4.90 Å². The highest BCUT2D eigenvalue weighted by Crippen LogP contribution is 2.37. The molecule has 6 heteroatoms. The molecule has 1 amide bonds. The van der Waals surface area contributed by atoms with Crippen molar-refractivity contribution in [3.05, 3.63) is 70.8 Å². The number of ether oxygens (including phenoxy) is 1. The van der Waals surface area contributed by atoms with E-state index in [4.69, 9.17) is 10.5 Å². The van der Waals surface area contributed by atoms with Gasteiger partial charge in [-0.2, -0.15) is 0 Å². The van der Waals surface area contributed by atoms with Gasteiger partial charge in [-0.15, -0.1) is 0 Å². The van der Waals surface area contributed by atoms with Crippen molar-refractivity contribution < 1.29 is 18.3 Å². The van der Waals surface area contributed by atoms with Gasteiger partial charge in [0.15, 0.2) is 0 Å². The van der Waals surface area contributed by atoms with Crippen LogP contribution in [-0.2, 0) is 16.0 Å². The lowest BCUT2D eigenvalue weighted by Crippen LogP contribution is -2.49. The lowest BCUT2D eigenvalue weighted by Gasteiger charge is -2.40. The Labute approximate surface area is 156 Å². The second kappa shape index (κ2) is 7.37. The van der Waals surface area contributed by atoms with Crippen LogP contribution in [0.15, 0.2) is 42.5 Å². The van der Waals surface area contributed by atoms with Crippen molar-refractivity contribution in [2.75, 3.05) is 13.2 Å². The summed E-state index contributed by atoms with van der Waals surface area (Å²) < 4.78 is 33.7. The predicted molar refractivity (Wildman–Crippen MR) is 97.0 cm³/mol. The molecule has 2 heterocycles. The first kappa shape index (κ1) is 18.1. The van der Waals surface area contributed by atoms with Gasteiger partial charge in [-0.3, -0.25) is 4.79 Å². The van der Waals surface area contributed by atoms with E-state index in [2.05, 4.69) is 0 Å². The van der Waals surface area contributed by atoms with Gasteiger partial charge in [-0.05, 0) is 36.5 Å². The van der Waals surface area contributed by atoms with E-state index in [0.29, 0.717) is 31.6 Å². The van der Waals surface area contributed by atoms with E-state index in [-0.39, 0.29) is 11.9 Å². The molecule has 2 aromatic carbocycles. The van der Waals surface area contributed by atoms with Crippen LogP contribution >= 0.6 is 0 Å². The number of rotatable bonds is 2. The van der Waals surface area contributed by atoms with E-state index in [1.54, 1.807) is 4.90 Å². The number of carbonyl (C=O) groups is 1. The number of fused-ring (bicyclic) bond motifs is 1. The molecule has 0 aromatic heterocycles. The molecule has 4 rings (SSSR count). The topological polar surface area (TPSA) is 55.6 Å². The molecule has 0 aliphatic carbocycles. The smallest absolute Gasteiger partial charge is 0.252 e. The third-order valence-corrected chi connectivity index (χ3v) is 5.41. The van der Waals surface area contributed by atoms with Crippen LogP contribution in [0.4, 0.5) is 8.78 Å². The number of benzene rings is 2. The third kappa shape index (κ3) is 3.47. The van der Waals surface area contributed by atoms with Crippen LogP contribution < -0.4 is 5.73 Å². The molecule has 0 unspecified atom stereocenters. The van der Waals surface area contributed by atoms with E-state index in [9.17, 15) is 13.6 Å². The van der Waals surface area contributed by atoms with Crippen molar-refractivity contribution >= 4 is 5.91 Å². The highest BCUT2D eigenvalue weighted by Gasteiger charge is 2.38. The summed E-state index contributed by atoms with van der Waals surface area (Å²) in [7, 11) is 0. The number of nitrogens with zero attached hydrogens (tertiary/aromatic N) is 1. The molecule has 0 saturated carbocycles. The number of carbonyl (C=O) groups excluding carboxylic acids is 1. The molecular formula is C21H22F2N2O2. The van der Waals surface area contributed by atoms with Gasteiger partial charge >= 0.3 is 0 Å². The van der Waals surface area contributed by atoms with Crippen molar-refractivity contribution in [3.8, 4) is 0 Å². The van der Waals surface area contributed by atoms with Gasteiger partial charge in [0, 0.05) is 24.2 Å². The third-order valence-electron chi connectivity index (χ3n) is 5.41. The summed E-state index contributed by atoms with van der Waals surface area (Å²) in [6.07, 6.45) is 1.39. The SMILES string of the molecule is N[C@H]1CC[C@H](C(=O)N2CCc3ccccc3[C@H]2c2ccc(F)cc2F)OC1. The van der Waals surface area contributed by atoms with E-state index < -0.39 is 23.8 Å². The Hall–Kier alpha value is -2.31. The average molecular weight is 372 g/mol. The molecule has 2 aliphatic heterocycles. The minimum Gasteiger partial charge on any atom is -0.367 e. The van der Waals surface area contributed by atoms with E-state index in [1.807, 2.05) is 24.3 Å². The van der Waals surface area contributed by atoms with Gasteiger partial charge in [0.1, 0.15) is 17.7 Å². The second-order valence-corrected chi connectivity index (χ2v) is 7.21. The number of amides is 1. The predicted octanol–water partition coefficient (Wildman–Crippen LogP) is 2.95. The molecule has 27 heavy (non-hydrogen) atoms. The van der Waals surface area contributed by atoms with Crippen molar-refractivity contribution in [2.24, 2.45) is 5.73 Å². The quantitative estimate of drug-likeness (QED) is 0.882. The normalized spacial score (nSPS) is 25.1. The Kier molecular flexibility index (Phi) is 4.93. The van der Waals surface area contributed by atoms with Gasteiger partial charge in [0.2, 0.25) is 0 Å². The lowest BCUT2D eigenvalue weighted by atomic mass is 9.87. The molecule has 0 spiro atoms. The Morgan fingerprint density at radius 1 is 1.11 bits per heavy atom. The summed E-state index contributed by atoms with van der Waals surface area (Å²) in [6.45, 7) is 0.805. The van der Waals surface area contributed by atoms with Crippen molar-refractivity contribution in [2.45, 2.75) is 37.5 Å². The van der Waals surface area contributed by atoms with E-state index in [0.717, 1.165) is 23.6 Å². The fourth-order valence-corrected chi connectivity index (χ4v) is 4.01. The summed E-state index contributed by atoms with van der Waals surface area (Å²) in [5.41, 5.74) is 8.09. The first-order valence-electron chi connectivity index (χ1n) is 9.25. The van der Waals surface area contributed by atoms with Gasteiger partial charge in [0.25, 0.3) is 5.91 Å². The second-order valence-electron chi connectivity index (χ2n) is 7.21. The van der Waals surface area contributed by atoms with Crippen LogP contribution in [0.1, 0.15) is 35.6 Å². The molecule has 2 aliphatic rings. The number of hydrogen-bond donors (Lipinski definition) is 1. The summed E-state index contributed by atoms with van der Waals surface area (Å²) in [5.74, 6) is -1.45. The highest BCUT2D eigenvalue weighted by molar-refractivity contribution is 5.82. The molecule has 1 fully saturated rings. The monoisotopic (exact) mass is 372 g/mol. The first-order chi connectivity index (χ1) is 13.0. The number of halogens is 2. The molecule has 0 bridgehead atoms. The van der Waals surface area contributed by atoms with Crippen LogP contribution in [0.2, 0.25) is 0 Å². The number of nitrogens with two attached hydrogens (primary N) is 1. The summed E-state index contributed by atoms with van der Waals surface area (Å²) in [6, 6.07) is 10.6. The van der Waals surface area contributed by atoms with Crippen molar-refractivity contribution in [3.63, 3.8) is 0 Å². The largest absolute Gasteiger partial charge is 0.367 e. The van der Waals surface area contributed by atoms with Crippen LogP contribution in [0, 0.1) is 11.6 Å².